The van der Waals surface area contributed by atoms with Gasteiger partial charge in [-0.1, -0.05) is 23.2 Å². The number of carbonyl (C=O) groups excluding carboxylic acids is 2. The number of benzene rings is 3. The molecule has 1 unspecified atom stereocenters. The van der Waals surface area contributed by atoms with E-state index in [0.717, 1.165) is 18.2 Å². The summed E-state index contributed by atoms with van der Waals surface area (Å²) in [7, 11) is 0.337. The summed E-state index contributed by atoms with van der Waals surface area (Å²) in [4.78, 5) is 31.3. The largest absolute Gasteiger partial charge is 0.573 e. The van der Waals surface area contributed by atoms with E-state index in [4.69, 9.17) is 31.1 Å². The molecule has 0 aromatic heterocycles. The second-order valence-corrected chi connectivity index (χ2v) is 14.2. The van der Waals surface area contributed by atoms with Crippen molar-refractivity contribution in [3.05, 3.63) is 76.3 Å². The lowest BCUT2D eigenvalue weighted by molar-refractivity contribution is -0.275. The van der Waals surface area contributed by atoms with Crippen molar-refractivity contribution in [2.45, 2.75) is 48.7 Å². The van der Waals surface area contributed by atoms with Gasteiger partial charge >= 0.3 is 6.36 Å². The maximum Gasteiger partial charge on any atom is 0.573 e. The first-order chi connectivity index (χ1) is 24.0. The van der Waals surface area contributed by atoms with Gasteiger partial charge in [0.25, 0.3) is 15.9 Å². The summed E-state index contributed by atoms with van der Waals surface area (Å²) in [5.41, 5.74) is -1.60. The van der Waals surface area contributed by atoms with Gasteiger partial charge in [-0.3, -0.25) is 14.5 Å². The highest BCUT2D eigenvalue weighted by Crippen LogP contribution is 2.55. The number of aryl methyl sites for hydroxylation is 1. The number of likely N-dealkylation sites (N-methyl/N-ethyl adjacent to an activating group) is 1. The van der Waals surface area contributed by atoms with E-state index >= 15 is 4.79 Å². The number of hydrogen-bond donors (Lipinski definition) is 0. The maximum absolute atomic E-state index is 15.5. The lowest BCUT2D eigenvalue weighted by Gasteiger charge is -2.42. The van der Waals surface area contributed by atoms with Crippen LogP contribution in [0.5, 0.6) is 17.2 Å². The zero-order valence-corrected chi connectivity index (χ0v) is 29.7. The van der Waals surface area contributed by atoms with Crippen molar-refractivity contribution in [2.24, 2.45) is 0 Å². The van der Waals surface area contributed by atoms with Gasteiger partial charge in [0.2, 0.25) is 5.91 Å². The highest BCUT2D eigenvalue weighted by molar-refractivity contribution is 7.93. The maximum atomic E-state index is 15.5. The molecule has 5 rings (SSSR count). The van der Waals surface area contributed by atoms with E-state index in [1.54, 1.807) is 25.1 Å². The molecule has 0 saturated carbocycles. The Morgan fingerprint density at radius 2 is 1.78 bits per heavy atom. The van der Waals surface area contributed by atoms with Crippen LogP contribution in [-0.4, -0.2) is 90.0 Å². The summed E-state index contributed by atoms with van der Waals surface area (Å²) in [5, 5.41) is 9.21. The number of anilines is 1. The monoisotopic (exact) mass is 750 g/mol. The summed E-state index contributed by atoms with van der Waals surface area (Å²) in [6.07, 6.45) is -5.91. The number of ether oxygens (including phenoxy) is 4. The molecule has 12 nitrogen and oxygen atoms in total. The van der Waals surface area contributed by atoms with Crippen LogP contribution >= 0.6 is 11.6 Å². The fourth-order valence-corrected chi connectivity index (χ4v) is 8.34. The Morgan fingerprint density at radius 3 is 2.41 bits per heavy atom. The van der Waals surface area contributed by atoms with Crippen LogP contribution in [0.4, 0.5) is 18.9 Å². The lowest BCUT2D eigenvalue weighted by atomic mass is 9.80. The van der Waals surface area contributed by atoms with Gasteiger partial charge in [-0.25, -0.2) is 12.7 Å². The van der Waals surface area contributed by atoms with E-state index < -0.39 is 56.5 Å². The minimum Gasteiger partial charge on any atom is -0.497 e. The second-order valence-electron chi connectivity index (χ2n) is 12.0. The summed E-state index contributed by atoms with van der Waals surface area (Å²) < 4.78 is 91.7. The minimum absolute atomic E-state index is 0.0218. The number of fused-ring (bicyclic) bond motifs is 1. The van der Waals surface area contributed by atoms with Crippen LogP contribution in [0.15, 0.2) is 59.5 Å². The van der Waals surface area contributed by atoms with Crippen LogP contribution < -0.4 is 18.5 Å². The van der Waals surface area contributed by atoms with E-state index in [-0.39, 0.29) is 59.3 Å². The first-order valence-corrected chi connectivity index (χ1v) is 17.3. The van der Waals surface area contributed by atoms with Gasteiger partial charge in [0, 0.05) is 42.9 Å². The highest BCUT2D eigenvalue weighted by atomic mass is 35.5. The molecule has 3 atom stereocenters. The summed E-state index contributed by atoms with van der Waals surface area (Å²) in [6.45, 7) is 1.65. The third kappa shape index (κ3) is 6.78. The average molecular weight is 751 g/mol. The number of methoxy groups -OCH3 is 2. The third-order valence-corrected chi connectivity index (χ3v) is 10.7. The molecular weight excluding hydrogens is 717 g/mol. The van der Waals surface area contributed by atoms with Crippen molar-refractivity contribution in [1.82, 2.24) is 9.80 Å². The van der Waals surface area contributed by atoms with Crippen molar-refractivity contribution < 1.29 is 50.1 Å². The average Bonchev–Trinajstić information content (AvgIpc) is 3.60. The van der Waals surface area contributed by atoms with Gasteiger partial charge in [-0.05, 0) is 55.8 Å². The van der Waals surface area contributed by atoms with Crippen molar-refractivity contribution in [1.29, 1.82) is 5.26 Å². The summed E-state index contributed by atoms with van der Waals surface area (Å²) >= 11 is 6.55. The predicted molar refractivity (Wildman–Crippen MR) is 178 cm³/mol. The quantitative estimate of drug-likeness (QED) is 0.246. The zero-order chi connectivity index (χ0) is 37.5. The normalized spacial score (nSPS) is 20.5. The van der Waals surface area contributed by atoms with Crippen LogP contribution in [0.1, 0.15) is 29.5 Å². The lowest BCUT2D eigenvalue weighted by Crippen LogP contribution is -2.59. The number of nitrogens with zero attached hydrogens (tertiary/aromatic N) is 4. The Kier molecular flexibility index (Phi) is 10.5. The molecule has 3 aromatic rings. The van der Waals surface area contributed by atoms with E-state index in [9.17, 15) is 26.4 Å². The predicted octanol–water partition coefficient (Wildman–Crippen LogP) is 5.00. The molecule has 0 spiro atoms. The Morgan fingerprint density at radius 1 is 1.06 bits per heavy atom. The van der Waals surface area contributed by atoms with Crippen molar-refractivity contribution in [2.75, 3.05) is 45.8 Å². The fraction of sp³-hybridized carbons (Fsp3) is 0.382. The molecule has 2 heterocycles. The highest BCUT2D eigenvalue weighted by Gasteiger charge is 2.64. The van der Waals surface area contributed by atoms with Crippen LogP contribution in [0.3, 0.4) is 0 Å². The molecule has 0 bridgehead atoms. The van der Waals surface area contributed by atoms with Gasteiger partial charge in [0.1, 0.15) is 16.4 Å². The molecule has 1 saturated heterocycles. The summed E-state index contributed by atoms with van der Waals surface area (Å²) in [5.74, 6) is -2.72. The number of sulfonamides is 1. The van der Waals surface area contributed by atoms with Gasteiger partial charge in [0.15, 0.2) is 11.3 Å². The first-order valence-electron chi connectivity index (χ1n) is 15.5. The molecule has 1 fully saturated rings. The first kappa shape index (κ1) is 37.7. The van der Waals surface area contributed by atoms with E-state index in [1.165, 1.54) is 56.3 Å². The van der Waals surface area contributed by atoms with Crippen LogP contribution in [0.25, 0.3) is 0 Å². The number of amides is 2. The second kappa shape index (κ2) is 14.2. The molecule has 0 aliphatic carbocycles. The molecule has 3 aromatic carbocycles. The fourth-order valence-electron chi connectivity index (χ4n) is 6.61. The number of halogens is 4. The van der Waals surface area contributed by atoms with Crippen molar-refractivity contribution in [3.63, 3.8) is 0 Å². The van der Waals surface area contributed by atoms with Crippen LogP contribution in [-0.2, 0) is 29.9 Å². The minimum atomic E-state index is -5.31. The molecule has 17 heteroatoms. The number of hydrogen-bond acceptors (Lipinski definition) is 10. The smallest absolute Gasteiger partial charge is 0.497 e. The Bertz CT molecular complexity index is 2010. The number of alkyl halides is 3. The van der Waals surface area contributed by atoms with E-state index in [1.807, 2.05) is 6.07 Å². The Labute approximate surface area is 297 Å². The SMILES string of the molecule is COc1ccc(S(=O)(=O)N2C(=O)C(c3cc(C)ccc3OC)(N3C[C@H](OCCC#N)C[C@H]3C(=O)N(C)C)c3cc(Cl)ccc32)c(OC(F)(F)F)c1. The van der Waals surface area contributed by atoms with E-state index in [0.29, 0.717) is 9.87 Å². The molecule has 0 radical (unpaired) electrons. The molecule has 2 aliphatic heterocycles. The van der Waals surface area contributed by atoms with E-state index in [2.05, 4.69) is 4.74 Å². The summed E-state index contributed by atoms with van der Waals surface area (Å²) in [6, 6.07) is 12.5. The Balaban J connectivity index is 1.85. The van der Waals surface area contributed by atoms with Gasteiger partial charge in [-0.15, -0.1) is 13.2 Å². The molecular formula is C34H34ClF3N4O8S. The number of rotatable bonds is 11. The molecule has 2 aliphatic rings. The van der Waals surface area contributed by atoms with Gasteiger partial charge in [0.05, 0.1) is 51.1 Å². The number of likely N-dealkylation sites (tertiary alicyclic amines) is 1. The standard InChI is InChI=1S/C34H34ClF3N4O8S/c1-20-7-11-28(48-5)25(15-20)33(41-19-23(49-14-6-13-39)17-27(41)31(43)40(2)3)24-16-21(35)8-10-26(24)42(32(33)44)51(45,46)30-12-9-22(47-4)18-29(30)50-34(36,37)38/h7-12,15-16,18,23,27H,6,14,17,19H2,1-5H3/t23-,27+,33?/m1/s1. The zero-order valence-electron chi connectivity index (χ0n) is 28.2. The molecule has 2 amide bonds. The molecule has 51 heavy (non-hydrogen) atoms. The number of nitriles is 1. The number of carbonyl (C=O) groups is 2. The molecule has 0 N–H and O–H groups in total. The Hall–Kier alpha value is -4.56. The van der Waals surface area contributed by atoms with Gasteiger partial charge < -0.3 is 23.8 Å². The van der Waals surface area contributed by atoms with Gasteiger partial charge in [-0.2, -0.15) is 5.26 Å². The molecule has 272 valence electrons. The van der Waals surface area contributed by atoms with Crippen molar-refractivity contribution in [3.8, 4) is 23.3 Å². The van der Waals surface area contributed by atoms with Crippen LogP contribution in [0, 0.1) is 18.3 Å². The topological polar surface area (TPSA) is 139 Å². The van der Waals surface area contributed by atoms with Crippen LogP contribution in [0.2, 0.25) is 5.02 Å². The third-order valence-electron chi connectivity index (χ3n) is 8.69. The van der Waals surface area contributed by atoms with Crippen molar-refractivity contribution >= 4 is 39.1 Å².